The summed E-state index contributed by atoms with van der Waals surface area (Å²) in [5.41, 5.74) is 6.55. The van der Waals surface area contributed by atoms with Gasteiger partial charge in [-0.15, -0.1) is 0 Å². The molecule has 0 atom stereocenters. The monoisotopic (exact) mass is 369 g/mol. The molecular formula is C14H16BrN3O4. The number of aromatic nitrogens is 1. The highest BCUT2D eigenvalue weighted by molar-refractivity contribution is 9.10. The summed E-state index contributed by atoms with van der Waals surface area (Å²) in [5.74, 6) is 0.496. The lowest BCUT2D eigenvalue weighted by molar-refractivity contribution is -0.135. The summed E-state index contributed by atoms with van der Waals surface area (Å²) in [6.45, 7) is -0.197. The average Bonchev–Trinajstić information content (AvgIpc) is 2.46. The number of nitrogens with zero attached hydrogens (tertiary/aromatic N) is 2. The first kappa shape index (κ1) is 16.2. The number of nitrogens with two attached hydrogens (primary N) is 1. The molecule has 0 bridgehead atoms. The van der Waals surface area contributed by atoms with Crippen molar-refractivity contribution in [2.45, 2.75) is 0 Å². The number of aliphatic carboxylic acids is 1. The maximum Gasteiger partial charge on any atom is 0.323 e. The Hall–Kier alpha value is -2.22. The van der Waals surface area contributed by atoms with E-state index in [0.717, 1.165) is 0 Å². The summed E-state index contributed by atoms with van der Waals surface area (Å²) >= 11 is 3.43. The van der Waals surface area contributed by atoms with Gasteiger partial charge in [-0.1, -0.05) is 0 Å². The number of anilines is 2. The molecule has 0 aliphatic heterocycles. The molecule has 0 amide bonds. The molecule has 0 fully saturated rings. The SMILES string of the molecule is COc1cc(N)c2c(N(C)CC(=O)O)ncc(Br)c2c1OC. The van der Waals surface area contributed by atoms with Crippen LogP contribution in [0.4, 0.5) is 11.5 Å². The zero-order valence-electron chi connectivity index (χ0n) is 12.4. The van der Waals surface area contributed by atoms with Crippen LogP contribution in [0.2, 0.25) is 0 Å². The third kappa shape index (κ3) is 2.74. The number of ether oxygens (including phenoxy) is 2. The summed E-state index contributed by atoms with van der Waals surface area (Å²) in [6.07, 6.45) is 1.58. The molecule has 0 spiro atoms. The van der Waals surface area contributed by atoms with Crippen molar-refractivity contribution in [1.82, 2.24) is 4.98 Å². The second-order valence-corrected chi connectivity index (χ2v) is 5.49. The topological polar surface area (TPSA) is 97.9 Å². The number of fused-ring (bicyclic) bond motifs is 1. The van der Waals surface area contributed by atoms with Gasteiger partial charge in [0.1, 0.15) is 12.4 Å². The van der Waals surface area contributed by atoms with E-state index in [-0.39, 0.29) is 6.54 Å². The molecule has 0 aliphatic rings. The minimum atomic E-state index is -0.959. The van der Waals surface area contributed by atoms with Crippen molar-refractivity contribution < 1.29 is 19.4 Å². The number of hydrogen-bond acceptors (Lipinski definition) is 6. The largest absolute Gasteiger partial charge is 0.493 e. The van der Waals surface area contributed by atoms with E-state index in [9.17, 15) is 4.79 Å². The fraction of sp³-hybridized carbons (Fsp3) is 0.286. The molecule has 118 valence electrons. The van der Waals surface area contributed by atoms with E-state index in [1.165, 1.54) is 19.1 Å². The van der Waals surface area contributed by atoms with E-state index in [2.05, 4.69) is 20.9 Å². The van der Waals surface area contributed by atoms with Gasteiger partial charge in [0, 0.05) is 34.9 Å². The van der Waals surface area contributed by atoms with Crippen molar-refractivity contribution in [3.8, 4) is 11.5 Å². The third-order valence-electron chi connectivity index (χ3n) is 3.20. The van der Waals surface area contributed by atoms with Gasteiger partial charge in [-0.05, 0) is 15.9 Å². The Morgan fingerprint density at radius 3 is 2.64 bits per heavy atom. The number of carboxylic acid groups (broad SMARTS) is 1. The van der Waals surface area contributed by atoms with Gasteiger partial charge in [0.25, 0.3) is 0 Å². The Morgan fingerprint density at radius 2 is 2.09 bits per heavy atom. The summed E-state index contributed by atoms with van der Waals surface area (Å²) in [4.78, 5) is 16.7. The summed E-state index contributed by atoms with van der Waals surface area (Å²) in [6, 6.07) is 1.63. The minimum absolute atomic E-state index is 0.197. The summed E-state index contributed by atoms with van der Waals surface area (Å²) in [7, 11) is 4.69. The molecule has 0 saturated carbocycles. The van der Waals surface area contributed by atoms with Crippen LogP contribution >= 0.6 is 15.9 Å². The van der Waals surface area contributed by atoms with E-state index < -0.39 is 5.97 Å². The van der Waals surface area contributed by atoms with Gasteiger partial charge >= 0.3 is 5.97 Å². The van der Waals surface area contributed by atoms with Crippen molar-refractivity contribution in [3.05, 3.63) is 16.7 Å². The Bertz CT molecular complexity index is 736. The second-order valence-electron chi connectivity index (χ2n) is 4.63. The van der Waals surface area contributed by atoms with Gasteiger partial charge in [-0.3, -0.25) is 4.79 Å². The molecule has 2 rings (SSSR count). The number of carboxylic acids is 1. The molecule has 0 aliphatic carbocycles. The number of methoxy groups -OCH3 is 2. The fourth-order valence-electron chi connectivity index (χ4n) is 2.30. The lowest BCUT2D eigenvalue weighted by Gasteiger charge is -2.21. The number of halogens is 1. The smallest absolute Gasteiger partial charge is 0.323 e. The van der Waals surface area contributed by atoms with Crippen LogP contribution in [0, 0.1) is 0 Å². The van der Waals surface area contributed by atoms with Crippen LogP contribution in [-0.4, -0.2) is 43.9 Å². The standard InChI is InChI=1S/C14H16BrN3O4/c1-18(6-10(19)20)14-12-8(16)4-9(21-2)13(22-3)11(12)7(15)5-17-14/h4-5H,6,16H2,1-3H3,(H,19,20). The highest BCUT2D eigenvalue weighted by atomic mass is 79.9. The first-order valence-corrected chi connectivity index (χ1v) is 7.11. The molecule has 2 aromatic rings. The molecule has 3 N–H and O–H groups in total. The maximum atomic E-state index is 10.9. The Morgan fingerprint density at radius 1 is 1.41 bits per heavy atom. The first-order valence-electron chi connectivity index (χ1n) is 6.32. The van der Waals surface area contributed by atoms with Crippen LogP contribution < -0.4 is 20.1 Å². The molecule has 7 nitrogen and oxygen atoms in total. The van der Waals surface area contributed by atoms with Crippen molar-refractivity contribution >= 4 is 44.2 Å². The van der Waals surface area contributed by atoms with E-state index in [1.54, 1.807) is 19.3 Å². The van der Waals surface area contributed by atoms with Gasteiger partial charge in [0.15, 0.2) is 11.5 Å². The van der Waals surface area contributed by atoms with Gasteiger partial charge in [0.2, 0.25) is 0 Å². The van der Waals surface area contributed by atoms with Crippen LogP contribution in [0.15, 0.2) is 16.7 Å². The Labute approximate surface area is 135 Å². The van der Waals surface area contributed by atoms with Crippen LogP contribution in [0.3, 0.4) is 0 Å². The maximum absolute atomic E-state index is 10.9. The van der Waals surface area contributed by atoms with Crippen LogP contribution in [0.1, 0.15) is 0 Å². The average molecular weight is 370 g/mol. The lowest BCUT2D eigenvalue weighted by Crippen LogP contribution is -2.26. The van der Waals surface area contributed by atoms with E-state index >= 15 is 0 Å². The van der Waals surface area contributed by atoms with E-state index in [4.69, 9.17) is 20.3 Å². The van der Waals surface area contributed by atoms with Crippen LogP contribution in [0.25, 0.3) is 10.8 Å². The number of benzene rings is 1. The molecule has 1 heterocycles. The van der Waals surface area contributed by atoms with Crippen LogP contribution in [0.5, 0.6) is 11.5 Å². The van der Waals surface area contributed by atoms with E-state index in [0.29, 0.717) is 38.2 Å². The highest BCUT2D eigenvalue weighted by Gasteiger charge is 2.21. The molecule has 22 heavy (non-hydrogen) atoms. The lowest BCUT2D eigenvalue weighted by atomic mass is 10.1. The van der Waals surface area contributed by atoms with Crippen molar-refractivity contribution in [2.75, 3.05) is 38.4 Å². The number of nitrogen functional groups attached to an aromatic ring is 1. The van der Waals surface area contributed by atoms with Crippen LogP contribution in [-0.2, 0) is 4.79 Å². The first-order chi connectivity index (χ1) is 10.4. The Kier molecular flexibility index (Phi) is 4.60. The quantitative estimate of drug-likeness (QED) is 0.778. The zero-order valence-corrected chi connectivity index (χ0v) is 14.0. The van der Waals surface area contributed by atoms with Crippen molar-refractivity contribution in [3.63, 3.8) is 0 Å². The van der Waals surface area contributed by atoms with Gasteiger partial charge in [-0.2, -0.15) is 0 Å². The number of rotatable bonds is 5. The molecule has 1 aromatic heterocycles. The number of hydrogen-bond donors (Lipinski definition) is 2. The Balaban J connectivity index is 2.82. The molecule has 0 unspecified atom stereocenters. The third-order valence-corrected chi connectivity index (χ3v) is 3.80. The van der Waals surface area contributed by atoms with Gasteiger partial charge < -0.3 is 25.2 Å². The normalized spacial score (nSPS) is 10.5. The summed E-state index contributed by atoms with van der Waals surface area (Å²) in [5, 5.41) is 10.3. The number of pyridine rings is 1. The van der Waals surface area contributed by atoms with E-state index in [1.807, 2.05) is 0 Å². The molecule has 0 saturated heterocycles. The predicted octanol–water partition coefficient (Wildman–Crippen LogP) is 2.12. The van der Waals surface area contributed by atoms with Crippen molar-refractivity contribution in [1.29, 1.82) is 0 Å². The minimum Gasteiger partial charge on any atom is -0.493 e. The van der Waals surface area contributed by atoms with Crippen molar-refractivity contribution in [2.24, 2.45) is 0 Å². The number of likely N-dealkylation sites (N-methyl/N-ethyl adjacent to an activating group) is 1. The number of carbonyl (C=O) groups is 1. The fourth-order valence-corrected chi connectivity index (χ4v) is 2.78. The summed E-state index contributed by atoms with van der Waals surface area (Å²) < 4.78 is 11.4. The predicted molar refractivity (Wildman–Crippen MR) is 87.9 cm³/mol. The van der Waals surface area contributed by atoms with Gasteiger partial charge in [-0.25, -0.2) is 4.98 Å². The highest BCUT2D eigenvalue weighted by Crippen LogP contribution is 2.45. The molecule has 8 heteroatoms. The zero-order chi connectivity index (χ0) is 16.4. The second kappa shape index (κ2) is 6.27. The van der Waals surface area contributed by atoms with Gasteiger partial charge in [0.05, 0.1) is 19.6 Å². The molecular weight excluding hydrogens is 354 g/mol. The molecule has 0 radical (unpaired) electrons. The molecule has 1 aromatic carbocycles.